The van der Waals surface area contributed by atoms with Crippen LogP contribution in [0.5, 0.6) is 11.5 Å². The van der Waals surface area contributed by atoms with Crippen LogP contribution in [0.4, 0.5) is 13.2 Å². The molecule has 0 aliphatic heterocycles. The van der Waals surface area contributed by atoms with Crippen LogP contribution in [0.2, 0.25) is 0 Å². The van der Waals surface area contributed by atoms with Crippen molar-refractivity contribution in [3.8, 4) is 11.5 Å². The maximum absolute atomic E-state index is 12.3. The number of Topliss-reactive ketones (excluding diaryl/α,β-unsaturated/α-hetero) is 1. The quantitative estimate of drug-likeness (QED) is 0.711. The first-order valence-electron chi connectivity index (χ1n) is 5.97. The fraction of sp³-hybridized carbons (Fsp3) is 0.462. The largest absolute Gasteiger partial charge is 0.490 e. The number of hydrogen-bond donors (Lipinski definition) is 0. The third-order valence-electron chi connectivity index (χ3n) is 2.29. The molecule has 0 unspecified atom stereocenters. The van der Waals surface area contributed by atoms with Crippen LogP contribution in [-0.4, -0.2) is 25.2 Å². The van der Waals surface area contributed by atoms with Gasteiger partial charge in [0, 0.05) is 10.0 Å². The molecule has 0 saturated carbocycles. The summed E-state index contributed by atoms with van der Waals surface area (Å²) in [6.07, 6.45) is -6.05. The molecule has 3 nitrogen and oxygen atoms in total. The van der Waals surface area contributed by atoms with Crippen LogP contribution in [0.25, 0.3) is 0 Å². The lowest BCUT2D eigenvalue weighted by atomic mass is 10.1. The Kier molecular flexibility index (Phi) is 5.86. The second-order valence-corrected chi connectivity index (χ2v) is 4.71. The third-order valence-corrected chi connectivity index (χ3v) is 2.95. The number of carbonyl (C=O) groups is 1. The number of ether oxygens (including phenoxy) is 2. The summed E-state index contributed by atoms with van der Waals surface area (Å²) in [6.45, 7) is 4.19. The van der Waals surface area contributed by atoms with Crippen molar-refractivity contribution in [3.05, 3.63) is 22.2 Å². The summed E-state index contributed by atoms with van der Waals surface area (Å²) >= 11 is 3.09. The molecular formula is C13H14BrF3O3. The number of carbonyl (C=O) groups excluding carboxylic acids is 1. The highest BCUT2D eigenvalue weighted by molar-refractivity contribution is 9.10. The molecule has 0 N–H and O–H groups in total. The van der Waals surface area contributed by atoms with E-state index < -0.39 is 18.4 Å². The zero-order chi connectivity index (χ0) is 15.3. The minimum absolute atomic E-state index is 0.0748. The van der Waals surface area contributed by atoms with Gasteiger partial charge in [-0.25, -0.2) is 0 Å². The zero-order valence-corrected chi connectivity index (χ0v) is 12.6. The third kappa shape index (κ3) is 4.70. The van der Waals surface area contributed by atoms with Gasteiger partial charge in [0.2, 0.25) is 0 Å². The Bertz CT molecular complexity index is 486. The van der Waals surface area contributed by atoms with Gasteiger partial charge in [0.05, 0.1) is 13.2 Å². The number of halogens is 4. The molecule has 1 aromatic carbocycles. The molecule has 0 amide bonds. The normalized spacial score (nSPS) is 11.3. The summed E-state index contributed by atoms with van der Waals surface area (Å²) in [5, 5.41) is 0. The highest BCUT2D eigenvalue weighted by Crippen LogP contribution is 2.35. The molecule has 0 aromatic heterocycles. The van der Waals surface area contributed by atoms with E-state index in [2.05, 4.69) is 15.9 Å². The van der Waals surface area contributed by atoms with E-state index in [0.29, 0.717) is 19.0 Å². The van der Waals surface area contributed by atoms with E-state index in [1.165, 1.54) is 12.1 Å². The van der Waals surface area contributed by atoms with Gasteiger partial charge in [-0.3, -0.25) is 4.79 Å². The van der Waals surface area contributed by atoms with Gasteiger partial charge < -0.3 is 9.47 Å². The molecule has 0 radical (unpaired) electrons. The van der Waals surface area contributed by atoms with E-state index in [4.69, 9.17) is 9.47 Å². The van der Waals surface area contributed by atoms with Gasteiger partial charge in [-0.15, -0.1) is 0 Å². The lowest BCUT2D eigenvalue weighted by molar-refractivity contribution is -0.125. The first kappa shape index (κ1) is 16.8. The monoisotopic (exact) mass is 354 g/mol. The molecule has 0 aliphatic carbocycles. The fourth-order valence-corrected chi connectivity index (χ4v) is 2.11. The maximum Gasteiger partial charge on any atom is 0.396 e. The zero-order valence-electron chi connectivity index (χ0n) is 11.0. The van der Waals surface area contributed by atoms with Crippen molar-refractivity contribution >= 4 is 21.7 Å². The Labute approximate surface area is 123 Å². The molecule has 20 heavy (non-hydrogen) atoms. The second kappa shape index (κ2) is 6.97. The number of alkyl halides is 3. The summed E-state index contributed by atoms with van der Waals surface area (Å²) in [6, 6.07) is 2.71. The molecule has 0 heterocycles. The van der Waals surface area contributed by atoms with E-state index in [1.54, 1.807) is 13.8 Å². The molecule has 0 fully saturated rings. The van der Waals surface area contributed by atoms with Crippen LogP contribution < -0.4 is 9.47 Å². The van der Waals surface area contributed by atoms with E-state index in [0.717, 1.165) is 0 Å². The Hall–Kier alpha value is -1.24. The highest BCUT2D eigenvalue weighted by atomic mass is 79.9. The van der Waals surface area contributed by atoms with Crippen molar-refractivity contribution in [1.82, 2.24) is 0 Å². The van der Waals surface area contributed by atoms with Crippen molar-refractivity contribution in [1.29, 1.82) is 0 Å². The lowest BCUT2D eigenvalue weighted by Crippen LogP contribution is -2.15. The average molecular weight is 355 g/mol. The molecule has 0 spiro atoms. The summed E-state index contributed by atoms with van der Waals surface area (Å²) in [5.74, 6) is -0.388. The van der Waals surface area contributed by atoms with Crippen molar-refractivity contribution in [2.75, 3.05) is 13.2 Å². The predicted octanol–water partition coefficient (Wildman–Crippen LogP) is 4.38. The SMILES string of the molecule is CCOc1cc(Br)c(C(=O)CC(F)(F)F)cc1OCC. The molecule has 7 heteroatoms. The number of hydrogen-bond acceptors (Lipinski definition) is 3. The van der Waals surface area contributed by atoms with Gasteiger partial charge in [-0.05, 0) is 41.9 Å². The van der Waals surface area contributed by atoms with Gasteiger partial charge >= 0.3 is 6.18 Å². The van der Waals surface area contributed by atoms with Gasteiger partial charge in [0.1, 0.15) is 6.42 Å². The summed E-state index contributed by atoms with van der Waals surface area (Å²) in [5.41, 5.74) is -0.0748. The Morgan fingerprint density at radius 1 is 1.15 bits per heavy atom. The average Bonchev–Trinajstić information content (AvgIpc) is 2.30. The molecule has 1 rings (SSSR count). The van der Waals surface area contributed by atoms with Gasteiger partial charge in [-0.2, -0.15) is 13.2 Å². The summed E-state index contributed by atoms with van der Waals surface area (Å²) in [4.78, 5) is 11.7. The number of ketones is 1. The van der Waals surface area contributed by atoms with Crippen molar-refractivity contribution in [2.45, 2.75) is 26.4 Å². The molecule has 0 atom stereocenters. The molecule has 0 aliphatic rings. The first-order chi connectivity index (χ1) is 9.28. The van der Waals surface area contributed by atoms with Crippen LogP contribution in [-0.2, 0) is 0 Å². The van der Waals surface area contributed by atoms with Crippen LogP contribution in [0.15, 0.2) is 16.6 Å². The Balaban J connectivity index is 3.14. The Morgan fingerprint density at radius 3 is 2.10 bits per heavy atom. The van der Waals surface area contributed by atoms with E-state index >= 15 is 0 Å². The number of rotatable bonds is 6. The van der Waals surface area contributed by atoms with Crippen LogP contribution in [0, 0.1) is 0 Å². The van der Waals surface area contributed by atoms with Crippen LogP contribution >= 0.6 is 15.9 Å². The summed E-state index contributed by atoms with van der Waals surface area (Å²) < 4.78 is 47.7. The van der Waals surface area contributed by atoms with E-state index in [-0.39, 0.29) is 15.8 Å². The molecule has 112 valence electrons. The number of benzene rings is 1. The van der Waals surface area contributed by atoms with Crippen LogP contribution in [0.3, 0.4) is 0 Å². The molecular weight excluding hydrogens is 341 g/mol. The molecule has 1 aromatic rings. The fourth-order valence-electron chi connectivity index (χ4n) is 1.56. The van der Waals surface area contributed by atoms with Gasteiger partial charge in [0.15, 0.2) is 17.3 Å². The van der Waals surface area contributed by atoms with Crippen LogP contribution in [0.1, 0.15) is 30.6 Å². The molecule has 0 bridgehead atoms. The lowest BCUT2D eigenvalue weighted by Gasteiger charge is -2.14. The Morgan fingerprint density at radius 2 is 1.65 bits per heavy atom. The predicted molar refractivity (Wildman–Crippen MR) is 71.5 cm³/mol. The first-order valence-corrected chi connectivity index (χ1v) is 6.76. The summed E-state index contributed by atoms with van der Waals surface area (Å²) in [7, 11) is 0. The van der Waals surface area contributed by atoms with Crippen molar-refractivity contribution < 1.29 is 27.4 Å². The molecule has 0 saturated heterocycles. The second-order valence-electron chi connectivity index (χ2n) is 3.86. The van der Waals surface area contributed by atoms with Crippen molar-refractivity contribution in [2.24, 2.45) is 0 Å². The maximum atomic E-state index is 12.3. The topological polar surface area (TPSA) is 35.5 Å². The van der Waals surface area contributed by atoms with E-state index in [9.17, 15) is 18.0 Å². The van der Waals surface area contributed by atoms with Crippen molar-refractivity contribution in [3.63, 3.8) is 0 Å². The standard InChI is InChI=1S/C13H14BrF3O3/c1-3-19-11-5-8(10(18)7-13(15,16)17)9(14)6-12(11)20-4-2/h5-6H,3-4,7H2,1-2H3. The van der Waals surface area contributed by atoms with Gasteiger partial charge in [-0.1, -0.05) is 0 Å². The van der Waals surface area contributed by atoms with E-state index in [1.807, 2.05) is 0 Å². The minimum Gasteiger partial charge on any atom is -0.490 e. The minimum atomic E-state index is -4.54. The van der Waals surface area contributed by atoms with Gasteiger partial charge in [0.25, 0.3) is 0 Å². The highest BCUT2D eigenvalue weighted by Gasteiger charge is 2.32. The smallest absolute Gasteiger partial charge is 0.396 e.